The summed E-state index contributed by atoms with van der Waals surface area (Å²) in [6, 6.07) is 0.320. The minimum absolute atomic E-state index is 0.0715. The Morgan fingerprint density at radius 3 is 2.33 bits per heavy atom. The summed E-state index contributed by atoms with van der Waals surface area (Å²) >= 11 is 0. The van der Waals surface area contributed by atoms with E-state index in [1.54, 1.807) is 0 Å². The third-order valence-electron chi connectivity index (χ3n) is 4.51. The molecule has 2 aliphatic carbocycles. The third kappa shape index (κ3) is 2.68. The van der Waals surface area contributed by atoms with E-state index in [2.05, 4.69) is 6.92 Å². The van der Waals surface area contributed by atoms with E-state index < -0.39 is 5.97 Å². The number of amides is 1. The first-order valence-corrected chi connectivity index (χ1v) is 7.12. The van der Waals surface area contributed by atoms with Gasteiger partial charge in [-0.25, -0.2) is 0 Å². The SMILES string of the molecule is CCC1(C(=O)N(CCC(=O)O)C2CC2)CCCC1. The molecule has 4 heteroatoms. The Balaban J connectivity index is 2.04. The number of carboxylic acid groups (broad SMARTS) is 1. The van der Waals surface area contributed by atoms with E-state index in [-0.39, 0.29) is 17.7 Å². The predicted molar refractivity (Wildman–Crippen MR) is 68.2 cm³/mol. The molecule has 0 heterocycles. The fourth-order valence-corrected chi connectivity index (χ4v) is 3.13. The van der Waals surface area contributed by atoms with Crippen molar-refractivity contribution in [1.29, 1.82) is 0 Å². The van der Waals surface area contributed by atoms with E-state index in [0.29, 0.717) is 12.6 Å². The molecule has 0 radical (unpaired) electrons. The summed E-state index contributed by atoms with van der Waals surface area (Å²) < 4.78 is 0. The van der Waals surface area contributed by atoms with Crippen LogP contribution >= 0.6 is 0 Å². The van der Waals surface area contributed by atoms with Gasteiger partial charge in [0.1, 0.15) is 0 Å². The Labute approximate surface area is 108 Å². The Morgan fingerprint density at radius 1 is 1.28 bits per heavy atom. The van der Waals surface area contributed by atoms with Gasteiger partial charge in [0.15, 0.2) is 0 Å². The monoisotopic (exact) mass is 253 g/mol. The van der Waals surface area contributed by atoms with Gasteiger partial charge < -0.3 is 10.0 Å². The molecule has 4 nitrogen and oxygen atoms in total. The van der Waals surface area contributed by atoms with Gasteiger partial charge in [0.2, 0.25) is 5.91 Å². The number of carbonyl (C=O) groups excluding carboxylic acids is 1. The van der Waals surface area contributed by atoms with Gasteiger partial charge in [0.05, 0.1) is 6.42 Å². The lowest BCUT2D eigenvalue weighted by atomic mass is 9.81. The number of carbonyl (C=O) groups is 2. The Kier molecular flexibility index (Phi) is 3.93. The summed E-state index contributed by atoms with van der Waals surface area (Å²) in [5.41, 5.74) is -0.179. The van der Waals surface area contributed by atoms with Crippen molar-refractivity contribution >= 4 is 11.9 Å². The van der Waals surface area contributed by atoms with Crippen molar-refractivity contribution in [3.8, 4) is 0 Å². The first kappa shape index (κ1) is 13.4. The van der Waals surface area contributed by atoms with Gasteiger partial charge in [-0.05, 0) is 32.1 Å². The molecule has 2 saturated carbocycles. The largest absolute Gasteiger partial charge is 0.481 e. The van der Waals surface area contributed by atoms with Gasteiger partial charge in [-0.3, -0.25) is 9.59 Å². The highest BCUT2D eigenvalue weighted by molar-refractivity contribution is 5.84. The normalized spacial score (nSPS) is 21.8. The van der Waals surface area contributed by atoms with E-state index in [1.807, 2.05) is 4.90 Å². The summed E-state index contributed by atoms with van der Waals surface area (Å²) in [5, 5.41) is 8.80. The van der Waals surface area contributed by atoms with E-state index in [9.17, 15) is 9.59 Å². The van der Waals surface area contributed by atoms with E-state index >= 15 is 0 Å². The first-order chi connectivity index (χ1) is 8.59. The van der Waals surface area contributed by atoms with Crippen molar-refractivity contribution in [1.82, 2.24) is 4.90 Å². The standard InChI is InChI=1S/C14H23NO3/c1-2-14(8-3-4-9-14)13(18)15(11-5-6-11)10-7-12(16)17/h11H,2-10H2,1H3,(H,16,17). The van der Waals surface area contributed by atoms with Crippen molar-refractivity contribution in [2.75, 3.05) is 6.54 Å². The maximum atomic E-state index is 12.7. The smallest absolute Gasteiger partial charge is 0.305 e. The van der Waals surface area contributed by atoms with Crippen molar-refractivity contribution in [3.63, 3.8) is 0 Å². The summed E-state index contributed by atoms with van der Waals surface area (Å²) in [6.45, 7) is 2.48. The van der Waals surface area contributed by atoms with Crippen molar-refractivity contribution in [3.05, 3.63) is 0 Å². The van der Waals surface area contributed by atoms with Gasteiger partial charge in [-0.2, -0.15) is 0 Å². The number of carboxylic acids is 1. The lowest BCUT2D eigenvalue weighted by molar-refractivity contribution is -0.144. The van der Waals surface area contributed by atoms with Crippen molar-refractivity contribution in [2.45, 2.75) is 64.3 Å². The summed E-state index contributed by atoms with van der Waals surface area (Å²) in [4.78, 5) is 25.3. The molecule has 1 N–H and O–H groups in total. The summed E-state index contributed by atoms with van der Waals surface area (Å²) in [6.07, 6.45) is 7.30. The van der Waals surface area contributed by atoms with Gasteiger partial charge >= 0.3 is 5.97 Å². The van der Waals surface area contributed by atoms with Crippen LogP contribution in [0.2, 0.25) is 0 Å². The van der Waals surface area contributed by atoms with Crippen LogP contribution in [0.1, 0.15) is 58.3 Å². The second-order valence-corrected chi connectivity index (χ2v) is 5.71. The highest BCUT2D eigenvalue weighted by Gasteiger charge is 2.45. The number of hydrogen-bond acceptors (Lipinski definition) is 2. The quantitative estimate of drug-likeness (QED) is 0.791. The van der Waals surface area contributed by atoms with Gasteiger partial charge in [-0.15, -0.1) is 0 Å². The number of nitrogens with zero attached hydrogens (tertiary/aromatic N) is 1. The topological polar surface area (TPSA) is 57.6 Å². The lowest BCUT2D eigenvalue weighted by Crippen LogP contribution is -2.44. The molecular weight excluding hydrogens is 230 g/mol. The highest BCUT2D eigenvalue weighted by atomic mass is 16.4. The summed E-state index contributed by atoms with van der Waals surface area (Å²) in [7, 11) is 0. The summed E-state index contributed by atoms with van der Waals surface area (Å²) in [5.74, 6) is -0.586. The average molecular weight is 253 g/mol. The molecule has 18 heavy (non-hydrogen) atoms. The molecule has 0 aliphatic heterocycles. The fourth-order valence-electron chi connectivity index (χ4n) is 3.13. The lowest BCUT2D eigenvalue weighted by Gasteiger charge is -2.33. The molecule has 2 aliphatic rings. The molecule has 102 valence electrons. The number of aliphatic carboxylic acids is 1. The van der Waals surface area contributed by atoms with E-state index in [0.717, 1.165) is 44.9 Å². The van der Waals surface area contributed by atoms with Crippen molar-refractivity contribution in [2.24, 2.45) is 5.41 Å². The Bertz CT molecular complexity index is 330. The second kappa shape index (κ2) is 5.29. The fraction of sp³-hybridized carbons (Fsp3) is 0.857. The van der Waals surface area contributed by atoms with Crippen LogP contribution < -0.4 is 0 Å². The van der Waals surface area contributed by atoms with Crippen LogP contribution in [-0.2, 0) is 9.59 Å². The molecule has 0 aromatic heterocycles. The highest BCUT2D eigenvalue weighted by Crippen LogP contribution is 2.44. The Morgan fingerprint density at radius 2 is 1.89 bits per heavy atom. The van der Waals surface area contributed by atoms with Crippen LogP contribution in [-0.4, -0.2) is 34.5 Å². The molecule has 0 aromatic rings. The van der Waals surface area contributed by atoms with Gasteiger partial charge in [0, 0.05) is 18.0 Å². The minimum Gasteiger partial charge on any atom is -0.481 e. The van der Waals surface area contributed by atoms with Crippen LogP contribution in [0, 0.1) is 5.41 Å². The maximum absolute atomic E-state index is 12.7. The van der Waals surface area contributed by atoms with Crippen LogP contribution in [0.25, 0.3) is 0 Å². The molecule has 1 amide bonds. The average Bonchev–Trinajstić information content (AvgIpc) is 3.06. The van der Waals surface area contributed by atoms with Crippen molar-refractivity contribution < 1.29 is 14.7 Å². The van der Waals surface area contributed by atoms with Gasteiger partial charge in [0.25, 0.3) is 0 Å². The van der Waals surface area contributed by atoms with Crippen LogP contribution in [0.3, 0.4) is 0 Å². The van der Waals surface area contributed by atoms with Gasteiger partial charge in [-0.1, -0.05) is 19.8 Å². The van der Waals surface area contributed by atoms with Crippen LogP contribution in [0.4, 0.5) is 0 Å². The van der Waals surface area contributed by atoms with E-state index in [1.165, 1.54) is 0 Å². The predicted octanol–water partition coefficient (Wildman–Crippen LogP) is 2.42. The molecule has 0 saturated heterocycles. The molecular formula is C14H23NO3. The van der Waals surface area contributed by atoms with Crippen LogP contribution in [0.5, 0.6) is 0 Å². The third-order valence-corrected chi connectivity index (χ3v) is 4.51. The minimum atomic E-state index is -0.814. The first-order valence-electron chi connectivity index (χ1n) is 7.12. The van der Waals surface area contributed by atoms with E-state index in [4.69, 9.17) is 5.11 Å². The molecule has 0 unspecified atom stereocenters. The molecule has 0 aromatic carbocycles. The zero-order valence-corrected chi connectivity index (χ0v) is 11.2. The molecule has 2 rings (SSSR count). The zero-order valence-electron chi connectivity index (χ0n) is 11.2. The number of rotatable bonds is 6. The number of hydrogen-bond donors (Lipinski definition) is 1. The molecule has 0 bridgehead atoms. The second-order valence-electron chi connectivity index (χ2n) is 5.71. The Hall–Kier alpha value is -1.06. The van der Waals surface area contributed by atoms with Crippen LogP contribution in [0.15, 0.2) is 0 Å². The zero-order chi connectivity index (χ0) is 13.2. The molecule has 2 fully saturated rings. The molecule has 0 atom stereocenters. The molecule has 0 spiro atoms. The maximum Gasteiger partial charge on any atom is 0.305 e.